The van der Waals surface area contributed by atoms with Gasteiger partial charge in [-0.05, 0) is 30.2 Å². The molecular weight excluding hydrogens is 182 g/mol. The maximum atomic E-state index is 5.79. The fourth-order valence-electron chi connectivity index (χ4n) is 1.17. The second-order valence-electron chi connectivity index (χ2n) is 3.28. The van der Waals surface area contributed by atoms with Gasteiger partial charge in [-0.15, -0.1) is 0 Å². The minimum Gasteiger partial charge on any atom is -0.383 e. The van der Waals surface area contributed by atoms with Gasteiger partial charge in [0.1, 0.15) is 0 Å². The van der Waals surface area contributed by atoms with Crippen molar-refractivity contribution in [2.45, 2.75) is 6.92 Å². The molecule has 1 nitrogen and oxygen atoms in total. The average Bonchev–Trinajstić information content (AvgIpc) is 2.04. The summed E-state index contributed by atoms with van der Waals surface area (Å²) >= 11 is 5.79. The van der Waals surface area contributed by atoms with Gasteiger partial charge >= 0.3 is 0 Å². The number of benzene rings is 1. The van der Waals surface area contributed by atoms with Crippen molar-refractivity contribution < 1.29 is 0 Å². The van der Waals surface area contributed by atoms with E-state index >= 15 is 0 Å². The van der Waals surface area contributed by atoms with E-state index in [0.717, 1.165) is 5.02 Å². The molecule has 1 aromatic rings. The van der Waals surface area contributed by atoms with E-state index in [1.165, 1.54) is 11.1 Å². The zero-order chi connectivity index (χ0) is 9.84. The van der Waals surface area contributed by atoms with E-state index in [9.17, 15) is 0 Å². The van der Waals surface area contributed by atoms with Gasteiger partial charge in [-0.2, -0.15) is 0 Å². The Morgan fingerprint density at radius 1 is 1.23 bits per heavy atom. The second kappa shape index (κ2) is 4.33. The van der Waals surface area contributed by atoms with E-state index < -0.39 is 0 Å². The maximum Gasteiger partial charge on any atom is 0.0406 e. The Hall–Kier alpha value is -0.950. The van der Waals surface area contributed by atoms with Gasteiger partial charge in [0.2, 0.25) is 0 Å². The van der Waals surface area contributed by atoms with Gasteiger partial charge in [0, 0.05) is 25.3 Å². The minimum absolute atomic E-state index is 0.779. The summed E-state index contributed by atoms with van der Waals surface area (Å²) in [6, 6.07) is 7.86. The van der Waals surface area contributed by atoms with Crippen molar-refractivity contribution in [3.8, 4) is 0 Å². The van der Waals surface area contributed by atoms with Crippen LogP contribution in [0.4, 0.5) is 0 Å². The molecule has 0 amide bonds. The van der Waals surface area contributed by atoms with E-state index in [4.69, 9.17) is 11.6 Å². The zero-order valence-electron chi connectivity index (χ0n) is 8.21. The highest BCUT2D eigenvalue weighted by Gasteiger charge is 1.95. The molecule has 0 aromatic heterocycles. The number of allylic oxidation sites excluding steroid dienone is 1. The molecule has 13 heavy (non-hydrogen) atoms. The molecule has 0 fully saturated rings. The third kappa shape index (κ3) is 3.11. The lowest BCUT2D eigenvalue weighted by Crippen LogP contribution is -2.01. The van der Waals surface area contributed by atoms with E-state index in [2.05, 4.69) is 13.1 Å². The van der Waals surface area contributed by atoms with Crippen molar-refractivity contribution >= 4 is 17.2 Å². The highest BCUT2D eigenvalue weighted by Crippen LogP contribution is 2.16. The van der Waals surface area contributed by atoms with Gasteiger partial charge in [-0.3, -0.25) is 0 Å². The second-order valence-corrected chi connectivity index (χ2v) is 3.72. The molecule has 1 rings (SSSR count). The molecule has 0 aliphatic heterocycles. The van der Waals surface area contributed by atoms with Crippen molar-refractivity contribution in [1.82, 2.24) is 4.90 Å². The van der Waals surface area contributed by atoms with Crippen molar-refractivity contribution in [1.29, 1.82) is 0 Å². The van der Waals surface area contributed by atoms with E-state index in [1.54, 1.807) is 0 Å². The molecule has 1 aromatic carbocycles. The smallest absolute Gasteiger partial charge is 0.0406 e. The monoisotopic (exact) mass is 195 g/mol. The van der Waals surface area contributed by atoms with Gasteiger partial charge in [-0.1, -0.05) is 23.7 Å². The maximum absolute atomic E-state index is 5.79. The molecule has 0 aliphatic rings. The van der Waals surface area contributed by atoms with Crippen molar-refractivity contribution in [3.05, 3.63) is 41.1 Å². The van der Waals surface area contributed by atoms with Crippen LogP contribution in [0, 0.1) is 0 Å². The Morgan fingerprint density at radius 3 is 2.23 bits per heavy atom. The first kappa shape index (κ1) is 10.1. The highest BCUT2D eigenvalue weighted by atomic mass is 35.5. The van der Waals surface area contributed by atoms with E-state index in [0.29, 0.717) is 0 Å². The Kier molecular flexibility index (Phi) is 3.38. The lowest BCUT2D eigenvalue weighted by Gasteiger charge is -2.08. The van der Waals surface area contributed by atoms with Crippen LogP contribution < -0.4 is 0 Å². The molecule has 0 aliphatic carbocycles. The number of hydrogen-bond donors (Lipinski definition) is 0. The first-order valence-electron chi connectivity index (χ1n) is 4.20. The Labute approximate surface area is 84.6 Å². The van der Waals surface area contributed by atoms with Crippen molar-refractivity contribution in [2.24, 2.45) is 0 Å². The minimum atomic E-state index is 0.779. The molecule has 0 saturated heterocycles. The van der Waals surface area contributed by atoms with Crippen molar-refractivity contribution in [2.75, 3.05) is 14.1 Å². The van der Waals surface area contributed by atoms with Crippen LogP contribution in [-0.2, 0) is 0 Å². The fraction of sp³-hybridized carbons (Fsp3) is 0.273. The lowest BCUT2D eigenvalue weighted by atomic mass is 10.1. The third-order valence-electron chi connectivity index (χ3n) is 1.75. The predicted octanol–water partition coefficient (Wildman–Crippen LogP) is 3.26. The van der Waals surface area contributed by atoms with Crippen molar-refractivity contribution in [3.63, 3.8) is 0 Å². The van der Waals surface area contributed by atoms with Crippen LogP contribution in [0.3, 0.4) is 0 Å². The summed E-state index contributed by atoms with van der Waals surface area (Å²) in [5, 5.41) is 0.779. The van der Waals surface area contributed by atoms with Gasteiger partial charge < -0.3 is 4.90 Å². The molecule has 0 N–H and O–H groups in total. The van der Waals surface area contributed by atoms with Gasteiger partial charge in [0.15, 0.2) is 0 Å². The summed E-state index contributed by atoms with van der Waals surface area (Å²) in [4.78, 5) is 2.03. The molecule has 0 spiro atoms. The molecule has 0 unspecified atom stereocenters. The molecule has 0 radical (unpaired) electrons. The van der Waals surface area contributed by atoms with Crippen LogP contribution in [0.2, 0.25) is 5.02 Å². The van der Waals surface area contributed by atoms with Crippen LogP contribution in [0.25, 0.3) is 5.57 Å². The molecular formula is C11H14ClN. The number of rotatable bonds is 2. The summed E-state index contributed by atoms with van der Waals surface area (Å²) in [6.07, 6.45) is 2.09. The molecule has 0 bridgehead atoms. The Morgan fingerprint density at radius 2 is 1.77 bits per heavy atom. The quantitative estimate of drug-likeness (QED) is 0.700. The third-order valence-corrected chi connectivity index (χ3v) is 2.00. The normalized spacial score (nSPS) is 11.5. The molecule has 0 heterocycles. The Bertz CT molecular complexity index is 298. The molecule has 70 valence electrons. The summed E-state index contributed by atoms with van der Waals surface area (Å²) in [6.45, 7) is 2.09. The van der Waals surface area contributed by atoms with Crippen LogP contribution >= 0.6 is 11.6 Å². The van der Waals surface area contributed by atoms with Gasteiger partial charge in [-0.25, -0.2) is 0 Å². The molecule has 0 atom stereocenters. The number of nitrogens with zero attached hydrogens (tertiary/aromatic N) is 1. The standard InChI is InChI=1S/C11H14ClN/c1-9(8-13(2)3)10-4-6-11(12)7-5-10/h4-8H,1-3H3. The molecule has 0 saturated carbocycles. The summed E-state index contributed by atoms with van der Waals surface area (Å²) in [5.74, 6) is 0. The number of halogens is 1. The lowest BCUT2D eigenvalue weighted by molar-refractivity contribution is 0.565. The predicted molar refractivity (Wildman–Crippen MR) is 58.8 cm³/mol. The van der Waals surface area contributed by atoms with Crippen LogP contribution in [0.1, 0.15) is 12.5 Å². The summed E-state index contributed by atoms with van der Waals surface area (Å²) < 4.78 is 0. The summed E-state index contributed by atoms with van der Waals surface area (Å²) in [7, 11) is 4.03. The van der Waals surface area contributed by atoms with E-state index in [-0.39, 0.29) is 0 Å². The van der Waals surface area contributed by atoms with Crippen LogP contribution in [-0.4, -0.2) is 19.0 Å². The molecule has 2 heteroatoms. The zero-order valence-corrected chi connectivity index (χ0v) is 8.97. The first-order chi connectivity index (χ1) is 6.09. The average molecular weight is 196 g/mol. The fourth-order valence-corrected chi connectivity index (χ4v) is 1.30. The van der Waals surface area contributed by atoms with E-state index in [1.807, 2.05) is 43.3 Å². The summed E-state index contributed by atoms with van der Waals surface area (Å²) in [5.41, 5.74) is 2.44. The Balaban J connectivity index is 2.89. The topological polar surface area (TPSA) is 3.24 Å². The SMILES string of the molecule is CC(=CN(C)C)c1ccc(Cl)cc1. The van der Waals surface area contributed by atoms with Gasteiger partial charge in [0.05, 0.1) is 0 Å². The first-order valence-corrected chi connectivity index (χ1v) is 4.58. The number of hydrogen-bond acceptors (Lipinski definition) is 1. The largest absolute Gasteiger partial charge is 0.383 e. The van der Waals surface area contributed by atoms with Gasteiger partial charge in [0.25, 0.3) is 0 Å². The highest BCUT2D eigenvalue weighted by molar-refractivity contribution is 6.30. The van der Waals surface area contributed by atoms with Crippen LogP contribution in [0.5, 0.6) is 0 Å². The van der Waals surface area contributed by atoms with Crippen LogP contribution in [0.15, 0.2) is 30.5 Å².